The first-order valence-electron chi connectivity index (χ1n) is 6.35. The van der Waals surface area contributed by atoms with Crippen LogP contribution < -0.4 is 4.74 Å². The van der Waals surface area contributed by atoms with Gasteiger partial charge in [0.05, 0.1) is 25.3 Å². The molecule has 2 atom stereocenters. The molecule has 19 heavy (non-hydrogen) atoms. The van der Waals surface area contributed by atoms with Gasteiger partial charge in [0.2, 0.25) is 0 Å². The number of carbonyl (C=O) groups excluding carboxylic acids is 1. The lowest BCUT2D eigenvalue weighted by atomic mass is 10.2. The summed E-state index contributed by atoms with van der Waals surface area (Å²) < 4.78 is 10.9. The predicted octanol–water partition coefficient (Wildman–Crippen LogP) is 2.35. The van der Waals surface area contributed by atoms with Crippen LogP contribution in [-0.2, 0) is 9.53 Å². The van der Waals surface area contributed by atoms with Gasteiger partial charge in [-0.25, -0.2) is 0 Å². The van der Waals surface area contributed by atoms with E-state index in [1.54, 1.807) is 24.3 Å². The third kappa shape index (κ3) is 3.61. The molecule has 5 heteroatoms. The maximum atomic E-state index is 12.2. The van der Waals surface area contributed by atoms with E-state index in [0.717, 1.165) is 0 Å². The SMILES string of the molecule is CC1COCC(C)N1C(=O)COc1ccc(Cl)cc1. The molecule has 0 aromatic heterocycles. The van der Waals surface area contributed by atoms with E-state index in [-0.39, 0.29) is 24.6 Å². The van der Waals surface area contributed by atoms with E-state index in [2.05, 4.69) is 0 Å². The minimum atomic E-state index is -0.0155. The Kier molecular flexibility index (Phi) is 4.66. The second-order valence-corrected chi connectivity index (χ2v) is 5.22. The summed E-state index contributed by atoms with van der Waals surface area (Å²) in [6.07, 6.45) is 0. The van der Waals surface area contributed by atoms with Crippen LogP contribution in [0.2, 0.25) is 5.02 Å². The summed E-state index contributed by atoms with van der Waals surface area (Å²) in [6.45, 7) is 5.16. The summed E-state index contributed by atoms with van der Waals surface area (Å²) >= 11 is 5.79. The van der Waals surface area contributed by atoms with Gasteiger partial charge in [0.1, 0.15) is 5.75 Å². The molecule has 1 aromatic carbocycles. The third-order valence-corrected chi connectivity index (χ3v) is 3.38. The average Bonchev–Trinajstić information content (AvgIpc) is 2.38. The number of halogens is 1. The van der Waals surface area contributed by atoms with Crippen LogP contribution >= 0.6 is 11.6 Å². The Morgan fingerprint density at radius 1 is 1.32 bits per heavy atom. The van der Waals surface area contributed by atoms with Crippen molar-refractivity contribution in [2.45, 2.75) is 25.9 Å². The maximum absolute atomic E-state index is 12.2. The molecule has 2 unspecified atom stereocenters. The zero-order valence-corrected chi connectivity index (χ0v) is 11.9. The van der Waals surface area contributed by atoms with Gasteiger partial charge in [-0.05, 0) is 38.1 Å². The zero-order valence-electron chi connectivity index (χ0n) is 11.1. The van der Waals surface area contributed by atoms with Gasteiger partial charge < -0.3 is 14.4 Å². The summed E-state index contributed by atoms with van der Waals surface area (Å²) in [5, 5.41) is 0.647. The highest BCUT2D eigenvalue weighted by molar-refractivity contribution is 6.30. The van der Waals surface area contributed by atoms with Crippen molar-refractivity contribution < 1.29 is 14.3 Å². The second kappa shape index (κ2) is 6.26. The molecule has 1 heterocycles. The van der Waals surface area contributed by atoms with E-state index >= 15 is 0 Å². The van der Waals surface area contributed by atoms with E-state index in [1.165, 1.54) is 0 Å². The standard InChI is InChI=1S/C14H18ClNO3/c1-10-7-18-8-11(2)16(10)14(17)9-19-13-5-3-12(15)4-6-13/h3-6,10-11H,7-9H2,1-2H3. The fourth-order valence-corrected chi connectivity index (χ4v) is 2.37. The van der Waals surface area contributed by atoms with Gasteiger partial charge in [0, 0.05) is 5.02 Å². The van der Waals surface area contributed by atoms with E-state index in [1.807, 2.05) is 18.7 Å². The Bertz CT molecular complexity index is 425. The summed E-state index contributed by atoms with van der Waals surface area (Å²) in [7, 11) is 0. The molecular formula is C14H18ClNO3. The van der Waals surface area contributed by atoms with Gasteiger partial charge in [0.15, 0.2) is 6.61 Å². The minimum Gasteiger partial charge on any atom is -0.484 e. The van der Waals surface area contributed by atoms with Gasteiger partial charge >= 0.3 is 0 Å². The van der Waals surface area contributed by atoms with Gasteiger partial charge in [0.25, 0.3) is 5.91 Å². The van der Waals surface area contributed by atoms with Gasteiger partial charge in [-0.1, -0.05) is 11.6 Å². The molecule has 4 nitrogen and oxygen atoms in total. The van der Waals surface area contributed by atoms with Crippen LogP contribution in [0.15, 0.2) is 24.3 Å². The van der Waals surface area contributed by atoms with E-state index < -0.39 is 0 Å². The number of morpholine rings is 1. The largest absolute Gasteiger partial charge is 0.484 e. The summed E-state index contributed by atoms with van der Waals surface area (Å²) in [6, 6.07) is 7.15. The van der Waals surface area contributed by atoms with Crippen LogP contribution in [0, 0.1) is 0 Å². The molecule has 0 saturated carbocycles. The predicted molar refractivity (Wildman–Crippen MR) is 73.5 cm³/mol. The molecule has 1 aliphatic rings. The number of amides is 1. The molecule has 104 valence electrons. The fourth-order valence-electron chi connectivity index (χ4n) is 2.25. The molecular weight excluding hydrogens is 266 g/mol. The Morgan fingerprint density at radius 2 is 1.89 bits per heavy atom. The monoisotopic (exact) mass is 283 g/mol. The Balaban J connectivity index is 1.91. The van der Waals surface area contributed by atoms with Crippen molar-refractivity contribution in [3.05, 3.63) is 29.3 Å². The lowest BCUT2D eigenvalue weighted by Gasteiger charge is -2.38. The van der Waals surface area contributed by atoms with Crippen molar-refractivity contribution in [1.82, 2.24) is 4.90 Å². The molecule has 0 aliphatic carbocycles. The zero-order chi connectivity index (χ0) is 13.8. The van der Waals surface area contributed by atoms with Crippen LogP contribution in [0.4, 0.5) is 0 Å². The lowest BCUT2D eigenvalue weighted by molar-refractivity contribution is -0.146. The lowest BCUT2D eigenvalue weighted by Crippen LogP contribution is -2.53. The quantitative estimate of drug-likeness (QED) is 0.855. The molecule has 1 amide bonds. The molecule has 1 fully saturated rings. The molecule has 2 rings (SSSR count). The van der Waals surface area contributed by atoms with Crippen LogP contribution in [-0.4, -0.2) is 42.7 Å². The van der Waals surface area contributed by atoms with Crippen molar-refractivity contribution in [3.63, 3.8) is 0 Å². The van der Waals surface area contributed by atoms with Crippen molar-refractivity contribution in [2.75, 3.05) is 19.8 Å². The van der Waals surface area contributed by atoms with Crippen molar-refractivity contribution in [2.24, 2.45) is 0 Å². The van der Waals surface area contributed by atoms with E-state index in [0.29, 0.717) is 24.0 Å². The first kappa shape index (κ1) is 14.2. The fraction of sp³-hybridized carbons (Fsp3) is 0.500. The van der Waals surface area contributed by atoms with Gasteiger partial charge in [-0.3, -0.25) is 4.79 Å². The molecule has 1 saturated heterocycles. The van der Waals surface area contributed by atoms with Crippen molar-refractivity contribution in [1.29, 1.82) is 0 Å². The number of hydrogen-bond donors (Lipinski definition) is 0. The molecule has 0 spiro atoms. The highest BCUT2D eigenvalue weighted by Gasteiger charge is 2.29. The summed E-state index contributed by atoms with van der Waals surface area (Å²) in [5.74, 6) is 0.629. The van der Waals surface area contributed by atoms with Crippen LogP contribution in [0.1, 0.15) is 13.8 Å². The molecule has 0 radical (unpaired) electrons. The number of ether oxygens (including phenoxy) is 2. The first-order valence-corrected chi connectivity index (χ1v) is 6.73. The smallest absolute Gasteiger partial charge is 0.261 e. The van der Waals surface area contributed by atoms with Crippen LogP contribution in [0.25, 0.3) is 0 Å². The average molecular weight is 284 g/mol. The Morgan fingerprint density at radius 3 is 2.47 bits per heavy atom. The molecule has 0 N–H and O–H groups in total. The van der Waals surface area contributed by atoms with E-state index in [9.17, 15) is 4.79 Å². The number of hydrogen-bond acceptors (Lipinski definition) is 3. The van der Waals surface area contributed by atoms with Crippen molar-refractivity contribution in [3.8, 4) is 5.75 Å². The van der Waals surface area contributed by atoms with Gasteiger partial charge in [-0.2, -0.15) is 0 Å². The number of carbonyl (C=O) groups is 1. The van der Waals surface area contributed by atoms with E-state index in [4.69, 9.17) is 21.1 Å². The summed E-state index contributed by atoms with van der Waals surface area (Å²) in [4.78, 5) is 14.0. The molecule has 1 aromatic rings. The number of rotatable bonds is 3. The minimum absolute atomic E-state index is 0.0155. The topological polar surface area (TPSA) is 38.8 Å². The Hall–Kier alpha value is -1.26. The summed E-state index contributed by atoms with van der Waals surface area (Å²) in [5.41, 5.74) is 0. The maximum Gasteiger partial charge on any atom is 0.261 e. The van der Waals surface area contributed by atoms with Crippen LogP contribution in [0.3, 0.4) is 0 Å². The third-order valence-electron chi connectivity index (χ3n) is 3.13. The second-order valence-electron chi connectivity index (χ2n) is 4.78. The highest BCUT2D eigenvalue weighted by atomic mass is 35.5. The highest BCUT2D eigenvalue weighted by Crippen LogP contribution is 2.17. The Labute approximate surface area is 118 Å². The van der Waals surface area contributed by atoms with Gasteiger partial charge in [-0.15, -0.1) is 0 Å². The normalized spacial score (nSPS) is 23.2. The molecule has 0 bridgehead atoms. The van der Waals surface area contributed by atoms with Crippen LogP contribution in [0.5, 0.6) is 5.75 Å². The molecule has 1 aliphatic heterocycles. The number of benzene rings is 1. The first-order chi connectivity index (χ1) is 9.08. The number of nitrogens with zero attached hydrogens (tertiary/aromatic N) is 1. The van der Waals surface area contributed by atoms with Crippen molar-refractivity contribution >= 4 is 17.5 Å².